The summed E-state index contributed by atoms with van der Waals surface area (Å²) in [5, 5.41) is 2.89. The minimum Gasteiger partial charge on any atom is -0.378 e. The summed E-state index contributed by atoms with van der Waals surface area (Å²) >= 11 is 1.55. The van der Waals surface area contributed by atoms with Crippen molar-refractivity contribution in [1.82, 2.24) is 14.8 Å². The molecule has 0 aliphatic carbocycles. The van der Waals surface area contributed by atoms with Gasteiger partial charge in [-0.3, -0.25) is 9.59 Å². The van der Waals surface area contributed by atoms with E-state index in [1.54, 1.807) is 28.2 Å². The predicted molar refractivity (Wildman–Crippen MR) is 78.0 cm³/mol. The molecule has 1 aromatic rings. The number of hydrogen-bond donors (Lipinski definition) is 0. The highest BCUT2D eigenvalue weighted by Gasteiger charge is 2.38. The normalized spacial score (nSPS) is 25.9. The molecule has 0 radical (unpaired) electrons. The summed E-state index contributed by atoms with van der Waals surface area (Å²) < 4.78 is 5.54. The van der Waals surface area contributed by atoms with E-state index in [0.29, 0.717) is 32.7 Å². The lowest BCUT2D eigenvalue weighted by molar-refractivity contribution is -0.134. The first-order valence-electron chi connectivity index (χ1n) is 7.08. The summed E-state index contributed by atoms with van der Waals surface area (Å²) in [6.07, 6.45) is 0.308. The molecule has 2 aliphatic heterocycles. The molecule has 7 heteroatoms. The van der Waals surface area contributed by atoms with Gasteiger partial charge in [-0.15, -0.1) is 11.3 Å². The van der Waals surface area contributed by atoms with Gasteiger partial charge >= 0.3 is 0 Å². The van der Waals surface area contributed by atoms with Gasteiger partial charge in [-0.2, -0.15) is 0 Å². The molecular formula is C14H19N3O3S. The zero-order valence-corrected chi connectivity index (χ0v) is 13.1. The Hall–Kier alpha value is -1.47. The molecule has 2 aliphatic rings. The quantitative estimate of drug-likeness (QED) is 0.789. The molecule has 2 amide bonds. The van der Waals surface area contributed by atoms with E-state index in [4.69, 9.17) is 4.74 Å². The highest BCUT2D eigenvalue weighted by atomic mass is 32.1. The largest absolute Gasteiger partial charge is 0.378 e. The van der Waals surface area contributed by atoms with Crippen LogP contribution in [0.4, 0.5) is 0 Å². The molecule has 2 saturated heterocycles. The number of likely N-dealkylation sites (N-methyl/N-ethyl adjacent to an activating group) is 1. The number of fused-ring (bicyclic) bond motifs is 3. The number of aryl methyl sites for hydroxylation is 1. The Morgan fingerprint density at radius 3 is 3.00 bits per heavy atom. The molecule has 0 saturated carbocycles. The van der Waals surface area contributed by atoms with Gasteiger partial charge in [-0.1, -0.05) is 0 Å². The summed E-state index contributed by atoms with van der Waals surface area (Å²) in [5.41, 5.74) is 0.813. The van der Waals surface area contributed by atoms with Crippen molar-refractivity contribution >= 4 is 23.2 Å². The number of amides is 2. The second-order valence-electron chi connectivity index (χ2n) is 5.67. The Bertz CT molecular complexity index is 559. The van der Waals surface area contributed by atoms with Crippen LogP contribution in [-0.2, 0) is 20.7 Å². The fourth-order valence-electron chi connectivity index (χ4n) is 2.86. The molecule has 2 fully saturated rings. The third-order valence-corrected chi connectivity index (χ3v) is 4.92. The first-order chi connectivity index (χ1) is 10.0. The Balaban J connectivity index is 1.73. The molecule has 3 heterocycles. The Kier molecular flexibility index (Phi) is 3.95. The number of aromatic nitrogens is 1. The van der Waals surface area contributed by atoms with Crippen molar-refractivity contribution in [2.24, 2.45) is 5.92 Å². The van der Waals surface area contributed by atoms with E-state index in [1.807, 2.05) is 12.3 Å². The van der Waals surface area contributed by atoms with Crippen LogP contribution >= 0.6 is 11.3 Å². The Morgan fingerprint density at radius 2 is 2.29 bits per heavy atom. The van der Waals surface area contributed by atoms with Crippen molar-refractivity contribution in [2.45, 2.75) is 19.4 Å². The smallest absolute Gasteiger partial charge is 0.229 e. The van der Waals surface area contributed by atoms with Crippen LogP contribution in [0.5, 0.6) is 0 Å². The summed E-state index contributed by atoms with van der Waals surface area (Å²) in [6, 6.07) is -0.0499. The molecule has 1 aromatic heterocycles. The third-order valence-electron chi connectivity index (χ3n) is 4.10. The molecule has 0 aromatic carbocycles. The van der Waals surface area contributed by atoms with Gasteiger partial charge in [0.25, 0.3) is 0 Å². The number of carbonyl (C=O) groups is 2. The Morgan fingerprint density at radius 1 is 1.48 bits per heavy atom. The molecule has 6 nitrogen and oxygen atoms in total. The average molecular weight is 309 g/mol. The van der Waals surface area contributed by atoms with E-state index in [9.17, 15) is 9.59 Å². The molecule has 21 heavy (non-hydrogen) atoms. The zero-order valence-electron chi connectivity index (χ0n) is 12.2. The first-order valence-corrected chi connectivity index (χ1v) is 7.95. The zero-order chi connectivity index (χ0) is 15.0. The van der Waals surface area contributed by atoms with Crippen LogP contribution in [0.3, 0.4) is 0 Å². The number of carbonyl (C=O) groups excluding carboxylic acids is 2. The van der Waals surface area contributed by atoms with E-state index >= 15 is 0 Å². The van der Waals surface area contributed by atoms with Crippen LogP contribution in [0.25, 0.3) is 0 Å². The minimum absolute atomic E-state index is 0.0419. The van der Waals surface area contributed by atoms with Crippen LogP contribution in [0, 0.1) is 12.8 Å². The highest BCUT2D eigenvalue weighted by Crippen LogP contribution is 2.20. The van der Waals surface area contributed by atoms with Crippen LogP contribution in [0.15, 0.2) is 5.38 Å². The van der Waals surface area contributed by atoms with Crippen molar-refractivity contribution in [3.05, 3.63) is 16.1 Å². The van der Waals surface area contributed by atoms with E-state index in [-0.39, 0.29) is 23.8 Å². The fourth-order valence-corrected chi connectivity index (χ4v) is 3.47. The average Bonchev–Trinajstić information content (AvgIpc) is 2.72. The van der Waals surface area contributed by atoms with E-state index in [2.05, 4.69) is 4.98 Å². The van der Waals surface area contributed by atoms with Gasteiger partial charge in [-0.25, -0.2) is 4.98 Å². The van der Waals surface area contributed by atoms with Gasteiger partial charge in [0.1, 0.15) is 0 Å². The highest BCUT2D eigenvalue weighted by molar-refractivity contribution is 7.09. The maximum atomic E-state index is 12.5. The summed E-state index contributed by atoms with van der Waals surface area (Å²) in [4.78, 5) is 32.6. The predicted octanol–water partition coefficient (Wildman–Crippen LogP) is 0.310. The van der Waals surface area contributed by atoms with Gasteiger partial charge in [-0.05, 0) is 6.92 Å². The lowest BCUT2D eigenvalue weighted by Gasteiger charge is -2.29. The van der Waals surface area contributed by atoms with E-state index in [0.717, 1.165) is 10.7 Å². The van der Waals surface area contributed by atoms with E-state index in [1.165, 1.54) is 0 Å². The van der Waals surface area contributed by atoms with Crippen LogP contribution < -0.4 is 0 Å². The van der Waals surface area contributed by atoms with Gasteiger partial charge in [0.05, 0.1) is 42.3 Å². The molecule has 2 bridgehead atoms. The van der Waals surface area contributed by atoms with Crippen LogP contribution in [0.1, 0.15) is 10.7 Å². The lowest BCUT2D eigenvalue weighted by Crippen LogP contribution is -2.45. The Labute approximate surface area is 127 Å². The van der Waals surface area contributed by atoms with Crippen molar-refractivity contribution in [3.63, 3.8) is 0 Å². The SMILES string of the molecule is Cc1nc(CC(=O)N2C[C@@H]3COC[C@H](C2)N(C)C3=O)cs1. The summed E-state index contributed by atoms with van der Waals surface area (Å²) in [7, 11) is 1.80. The number of rotatable bonds is 2. The lowest BCUT2D eigenvalue weighted by atomic mass is 10.1. The standard InChI is InChI=1S/C14H19N3O3S/c1-9-15-11(8-21-9)3-13(18)17-4-10-6-20-7-12(5-17)16(2)14(10)19/h8,10,12H,3-7H2,1-2H3/t10-,12+/m1/s1. The number of ether oxygens (including phenoxy) is 1. The molecule has 0 spiro atoms. The van der Waals surface area contributed by atoms with Gasteiger partial charge < -0.3 is 14.5 Å². The van der Waals surface area contributed by atoms with Crippen molar-refractivity contribution < 1.29 is 14.3 Å². The second-order valence-corrected chi connectivity index (χ2v) is 6.73. The summed E-state index contributed by atoms with van der Waals surface area (Å²) in [5.74, 6) is -0.124. The van der Waals surface area contributed by atoms with E-state index < -0.39 is 0 Å². The van der Waals surface area contributed by atoms with Gasteiger partial charge in [0, 0.05) is 25.5 Å². The van der Waals surface area contributed by atoms with Gasteiger partial charge in [0.15, 0.2) is 0 Å². The summed E-state index contributed by atoms with van der Waals surface area (Å²) in [6.45, 7) is 3.82. The van der Waals surface area contributed by atoms with Crippen molar-refractivity contribution in [1.29, 1.82) is 0 Å². The van der Waals surface area contributed by atoms with Crippen LogP contribution in [0.2, 0.25) is 0 Å². The fraction of sp³-hybridized carbons (Fsp3) is 0.643. The second kappa shape index (κ2) is 5.73. The molecule has 114 valence electrons. The molecule has 3 rings (SSSR count). The maximum absolute atomic E-state index is 12.5. The minimum atomic E-state index is -0.247. The third kappa shape index (κ3) is 2.94. The molecular weight excluding hydrogens is 290 g/mol. The number of nitrogens with zero attached hydrogens (tertiary/aromatic N) is 3. The molecule has 0 unspecified atom stereocenters. The van der Waals surface area contributed by atoms with Crippen molar-refractivity contribution in [3.8, 4) is 0 Å². The maximum Gasteiger partial charge on any atom is 0.229 e. The topological polar surface area (TPSA) is 62.7 Å². The van der Waals surface area contributed by atoms with Crippen molar-refractivity contribution in [2.75, 3.05) is 33.4 Å². The van der Waals surface area contributed by atoms with Gasteiger partial charge in [0.2, 0.25) is 11.8 Å². The molecule has 2 atom stereocenters. The van der Waals surface area contributed by atoms with Crippen LogP contribution in [-0.4, -0.2) is 66.0 Å². The monoisotopic (exact) mass is 309 g/mol. The molecule has 0 N–H and O–H groups in total. The first kappa shape index (κ1) is 14.5. The number of hydrogen-bond acceptors (Lipinski definition) is 5. The number of thiazole rings is 1.